The molecule has 0 atom stereocenters. The quantitative estimate of drug-likeness (QED) is 0.664. The van der Waals surface area contributed by atoms with Crippen LogP contribution in [-0.4, -0.2) is 26.5 Å². The molecular weight excluding hydrogens is 376 g/mol. The highest BCUT2D eigenvalue weighted by Gasteiger charge is 2.27. The molecular formula is C21H24N2O4S. The van der Waals surface area contributed by atoms with Gasteiger partial charge in [-0.05, 0) is 74.7 Å². The Bertz CT molecular complexity index is 945. The monoisotopic (exact) mass is 400 g/mol. The zero-order chi connectivity index (χ0) is 20.1. The van der Waals surface area contributed by atoms with Crippen LogP contribution < -0.4 is 14.8 Å². The number of nitrogens with one attached hydrogen (secondary N) is 2. The Hall–Kier alpha value is -2.64. The lowest BCUT2D eigenvalue weighted by molar-refractivity contribution is -0.111. The lowest BCUT2D eigenvalue weighted by Gasteiger charge is -2.10. The second kappa shape index (κ2) is 8.58. The number of carbonyl (C=O) groups excluding carboxylic acids is 1. The van der Waals surface area contributed by atoms with Gasteiger partial charge < -0.3 is 10.1 Å². The van der Waals surface area contributed by atoms with Gasteiger partial charge in [0.1, 0.15) is 5.75 Å². The fourth-order valence-corrected chi connectivity index (χ4v) is 3.80. The first-order valence-electron chi connectivity index (χ1n) is 9.20. The summed E-state index contributed by atoms with van der Waals surface area (Å²) >= 11 is 0. The van der Waals surface area contributed by atoms with Crippen LogP contribution in [0.15, 0.2) is 59.5 Å². The molecule has 0 spiro atoms. The highest BCUT2D eigenvalue weighted by molar-refractivity contribution is 7.89. The number of amides is 1. The fourth-order valence-electron chi connectivity index (χ4n) is 2.49. The standard InChI is InChI=1S/C21H24N2O4S/c1-15(2)27-19-10-8-17(9-11-19)22-21(24)14-5-16-3-12-20(13-4-16)28(25,26)23-18-6-7-18/h3-5,8-15,18,23H,6-7H2,1-2H3,(H,22,24). The lowest BCUT2D eigenvalue weighted by atomic mass is 10.2. The van der Waals surface area contributed by atoms with E-state index in [9.17, 15) is 13.2 Å². The molecule has 6 nitrogen and oxygen atoms in total. The molecule has 0 aromatic heterocycles. The van der Waals surface area contributed by atoms with Crippen LogP contribution >= 0.6 is 0 Å². The predicted octanol–water partition coefficient (Wildman–Crippen LogP) is 3.57. The molecule has 28 heavy (non-hydrogen) atoms. The normalized spacial score (nSPS) is 14.4. The van der Waals surface area contributed by atoms with Crippen molar-refractivity contribution in [1.29, 1.82) is 0 Å². The molecule has 0 radical (unpaired) electrons. The minimum absolute atomic E-state index is 0.0688. The van der Waals surface area contributed by atoms with Gasteiger partial charge in [-0.15, -0.1) is 0 Å². The van der Waals surface area contributed by atoms with E-state index in [4.69, 9.17) is 4.74 Å². The minimum Gasteiger partial charge on any atom is -0.491 e. The first kappa shape index (κ1) is 20.1. The van der Waals surface area contributed by atoms with Crippen molar-refractivity contribution < 1.29 is 17.9 Å². The van der Waals surface area contributed by atoms with Crippen LogP contribution in [0.2, 0.25) is 0 Å². The first-order valence-corrected chi connectivity index (χ1v) is 10.7. The van der Waals surface area contributed by atoms with Gasteiger partial charge in [-0.1, -0.05) is 12.1 Å². The summed E-state index contributed by atoms with van der Waals surface area (Å²) in [6.07, 6.45) is 4.92. The number of benzene rings is 2. The Kier molecular flexibility index (Phi) is 6.16. The molecule has 0 aliphatic heterocycles. The van der Waals surface area contributed by atoms with E-state index < -0.39 is 10.0 Å². The highest BCUT2D eigenvalue weighted by Crippen LogP contribution is 2.22. The van der Waals surface area contributed by atoms with Gasteiger partial charge in [0.15, 0.2) is 0 Å². The maximum Gasteiger partial charge on any atom is 0.248 e. The van der Waals surface area contributed by atoms with Gasteiger partial charge >= 0.3 is 0 Å². The van der Waals surface area contributed by atoms with Crippen molar-refractivity contribution in [3.05, 3.63) is 60.2 Å². The number of anilines is 1. The molecule has 0 saturated heterocycles. The third kappa shape index (κ3) is 5.94. The second-order valence-electron chi connectivity index (χ2n) is 6.98. The molecule has 1 amide bonds. The summed E-state index contributed by atoms with van der Waals surface area (Å²) in [5, 5.41) is 2.77. The third-order valence-corrected chi connectivity index (χ3v) is 5.55. The number of hydrogen-bond acceptors (Lipinski definition) is 4. The zero-order valence-corrected chi connectivity index (χ0v) is 16.7. The van der Waals surface area contributed by atoms with Crippen LogP contribution in [0, 0.1) is 0 Å². The van der Waals surface area contributed by atoms with Gasteiger partial charge in [0.25, 0.3) is 0 Å². The molecule has 1 fully saturated rings. The number of hydrogen-bond donors (Lipinski definition) is 2. The molecule has 0 heterocycles. The fraction of sp³-hybridized carbons (Fsp3) is 0.286. The molecule has 2 aromatic rings. The molecule has 7 heteroatoms. The zero-order valence-electron chi connectivity index (χ0n) is 15.9. The van der Waals surface area contributed by atoms with Crippen LogP contribution in [0.1, 0.15) is 32.3 Å². The SMILES string of the molecule is CC(C)Oc1ccc(NC(=O)C=Cc2ccc(S(=O)(=O)NC3CC3)cc2)cc1. The Morgan fingerprint density at radius 1 is 1.07 bits per heavy atom. The summed E-state index contributed by atoms with van der Waals surface area (Å²) in [6.45, 7) is 3.90. The summed E-state index contributed by atoms with van der Waals surface area (Å²) in [7, 11) is -3.46. The van der Waals surface area contributed by atoms with Crippen molar-refractivity contribution in [3.8, 4) is 5.75 Å². The topological polar surface area (TPSA) is 84.5 Å². The van der Waals surface area contributed by atoms with Crippen LogP contribution in [0.25, 0.3) is 6.08 Å². The molecule has 3 rings (SSSR count). The van der Waals surface area contributed by atoms with Crippen LogP contribution in [0.4, 0.5) is 5.69 Å². The van der Waals surface area contributed by atoms with Gasteiger partial charge in [0.2, 0.25) is 15.9 Å². The predicted molar refractivity (Wildman–Crippen MR) is 110 cm³/mol. The average Bonchev–Trinajstić information content (AvgIpc) is 3.45. The maximum atomic E-state index is 12.1. The molecule has 148 valence electrons. The summed E-state index contributed by atoms with van der Waals surface area (Å²) in [5.41, 5.74) is 1.40. The molecule has 0 unspecified atom stereocenters. The largest absolute Gasteiger partial charge is 0.491 e. The summed E-state index contributed by atoms with van der Waals surface area (Å²) < 4.78 is 32.5. The second-order valence-corrected chi connectivity index (χ2v) is 8.69. The van der Waals surface area contributed by atoms with E-state index in [0.29, 0.717) is 5.69 Å². The summed E-state index contributed by atoms with van der Waals surface area (Å²) in [4.78, 5) is 12.3. The Morgan fingerprint density at radius 2 is 1.71 bits per heavy atom. The number of carbonyl (C=O) groups is 1. The maximum absolute atomic E-state index is 12.1. The average molecular weight is 401 g/mol. The van der Waals surface area contributed by atoms with Crippen molar-refractivity contribution >= 4 is 27.7 Å². The van der Waals surface area contributed by atoms with Crippen molar-refractivity contribution in [2.24, 2.45) is 0 Å². The molecule has 1 saturated carbocycles. The van der Waals surface area contributed by atoms with E-state index in [1.54, 1.807) is 42.5 Å². The van der Waals surface area contributed by atoms with E-state index in [2.05, 4.69) is 10.0 Å². The number of rotatable bonds is 8. The first-order chi connectivity index (χ1) is 13.3. The molecule has 1 aliphatic carbocycles. The van der Waals surface area contributed by atoms with E-state index in [-0.39, 0.29) is 22.9 Å². The molecule has 1 aliphatic rings. The molecule has 2 N–H and O–H groups in total. The van der Waals surface area contributed by atoms with E-state index in [1.165, 1.54) is 18.2 Å². The van der Waals surface area contributed by atoms with E-state index >= 15 is 0 Å². The van der Waals surface area contributed by atoms with Gasteiger partial charge in [-0.3, -0.25) is 4.79 Å². The van der Waals surface area contributed by atoms with Crippen LogP contribution in [-0.2, 0) is 14.8 Å². The Morgan fingerprint density at radius 3 is 2.29 bits per heavy atom. The van der Waals surface area contributed by atoms with Gasteiger partial charge in [0.05, 0.1) is 11.0 Å². The van der Waals surface area contributed by atoms with Crippen LogP contribution in [0.3, 0.4) is 0 Å². The lowest BCUT2D eigenvalue weighted by Crippen LogP contribution is -2.25. The Balaban J connectivity index is 1.56. The van der Waals surface area contributed by atoms with Gasteiger partial charge in [0, 0.05) is 17.8 Å². The number of sulfonamides is 1. The van der Waals surface area contributed by atoms with Crippen molar-refractivity contribution in [1.82, 2.24) is 4.72 Å². The van der Waals surface area contributed by atoms with Crippen molar-refractivity contribution in [2.45, 2.75) is 43.7 Å². The summed E-state index contributed by atoms with van der Waals surface area (Å²) in [5.74, 6) is 0.472. The molecule has 0 bridgehead atoms. The smallest absolute Gasteiger partial charge is 0.248 e. The van der Waals surface area contributed by atoms with E-state index in [0.717, 1.165) is 24.2 Å². The van der Waals surface area contributed by atoms with Crippen molar-refractivity contribution in [2.75, 3.05) is 5.32 Å². The number of ether oxygens (including phenoxy) is 1. The molecule has 2 aromatic carbocycles. The highest BCUT2D eigenvalue weighted by atomic mass is 32.2. The van der Waals surface area contributed by atoms with Crippen molar-refractivity contribution in [3.63, 3.8) is 0 Å². The Labute approximate surface area is 165 Å². The van der Waals surface area contributed by atoms with E-state index in [1.807, 2.05) is 13.8 Å². The summed E-state index contributed by atoms with van der Waals surface area (Å²) in [6, 6.07) is 13.6. The van der Waals surface area contributed by atoms with Gasteiger partial charge in [-0.2, -0.15) is 0 Å². The third-order valence-electron chi connectivity index (χ3n) is 4.01. The van der Waals surface area contributed by atoms with Crippen LogP contribution in [0.5, 0.6) is 5.75 Å². The minimum atomic E-state index is -3.46. The van der Waals surface area contributed by atoms with Gasteiger partial charge in [-0.25, -0.2) is 13.1 Å².